The summed E-state index contributed by atoms with van der Waals surface area (Å²) in [6.07, 6.45) is 2.53. The van der Waals surface area contributed by atoms with E-state index in [-0.39, 0.29) is 6.04 Å². The van der Waals surface area contributed by atoms with Crippen LogP contribution in [0.25, 0.3) is 0 Å². The Labute approximate surface area is 133 Å². The van der Waals surface area contributed by atoms with Gasteiger partial charge in [-0.25, -0.2) is 0 Å². The van der Waals surface area contributed by atoms with E-state index in [0.717, 1.165) is 34.7 Å². The summed E-state index contributed by atoms with van der Waals surface area (Å²) in [7, 11) is 3.29. The number of likely N-dealkylation sites (N-methyl/N-ethyl adjacent to an activating group) is 1. The molecule has 21 heavy (non-hydrogen) atoms. The maximum absolute atomic E-state index is 5.36. The fourth-order valence-corrected chi connectivity index (χ4v) is 2.85. The number of ether oxygens (including phenoxy) is 2. The van der Waals surface area contributed by atoms with Gasteiger partial charge in [-0.3, -0.25) is 0 Å². The summed E-state index contributed by atoms with van der Waals surface area (Å²) in [4.78, 5) is 0. The predicted molar refractivity (Wildman–Crippen MR) is 86.1 cm³/mol. The van der Waals surface area contributed by atoms with E-state index in [1.807, 2.05) is 18.2 Å². The Kier molecular flexibility index (Phi) is 5.70. The molecule has 0 saturated carbocycles. The van der Waals surface area contributed by atoms with Gasteiger partial charge in [0.25, 0.3) is 0 Å². The molecule has 1 unspecified atom stereocenters. The molecule has 0 saturated heterocycles. The number of methoxy groups -OCH3 is 2. The van der Waals surface area contributed by atoms with Crippen LogP contribution in [-0.4, -0.2) is 20.8 Å². The highest BCUT2D eigenvalue weighted by atomic mass is 79.9. The van der Waals surface area contributed by atoms with Gasteiger partial charge >= 0.3 is 0 Å². The number of benzene rings is 1. The summed E-state index contributed by atoms with van der Waals surface area (Å²) in [6, 6.07) is 8.16. The minimum absolute atomic E-state index is 0.182. The highest BCUT2D eigenvalue weighted by Crippen LogP contribution is 2.31. The van der Waals surface area contributed by atoms with Crippen LogP contribution in [0.5, 0.6) is 11.5 Å². The molecule has 1 N–H and O–H groups in total. The van der Waals surface area contributed by atoms with Crippen LogP contribution in [0.4, 0.5) is 0 Å². The second-order valence-corrected chi connectivity index (χ2v) is 5.37. The zero-order valence-corrected chi connectivity index (χ0v) is 14.1. The van der Waals surface area contributed by atoms with E-state index in [2.05, 4.69) is 34.2 Å². The number of hydrogen-bond acceptors (Lipinski definition) is 4. The second-order valence-electron chi connectivity index (χ2n) is 4.65. The number of nitrogens with one attached hydrogen (secondary N) is 1. The van der Waals surface area contributed by atoms with Gasteiger partial charge in [0, 0.05) is 11.6 Å². The molecule has 5 heteroatoms. The molecular weight excluding hydrogens is 334 g/mol. The summed E-state index contributed by atoms with van der Waals surface area (Å²) < 4.78 is 16.7. The molecule has 1 atom stereocenters. The molecule has 1 aromatic heterocycles. The summed E-state index contributed by atoms with van der Waals surface area (Å²) in [5, 5.41) is 3.48. The molecule has 1 aromatic carbocycles. The minimum atomic E-state index is 0.182. The van der Waals surface area contributed by atoms with Gasteiger partial charge < -0.3 is 19.2 Å². The van der Waals surface area contributed by atoms with Crippen LogP contribution < -0.4 is 14.8 Å². The second kappa shape index (κ2) is 7.52. The molecule has 0 spiro atoms. The van der Waals surface area contributed by atoms with E-state index < -0.39 is 0 Å². The predicted octanol–water partition coefficient (Wildman–Crippen LogP) is 3.95. The maximum atomic E-state index is 5.36. The summed E-state index contributed by atoms with van der Waals surface area (Å²) in [5.41, 5.74) is 2.29. The first-order chi connectivity index (χ1) is 10.2. The average Bonchev–Trinajstić information content (AvgIpc) is 2.92. The Morgan fingerprint density at radius 3 is 2.52 bits per heavy atom. The number of rotatable bonds is 7. The monoisotopic (exact) mass is 353 g/mol. The molecule has 0 bridgehead atoms. The average molecular weight is 354 g/mol. The lowest BCUT2D eigenvalue weighted by molar-refractivity contribution is 0.354. The van der Waals surface area contributed by atoms with E-state index in [1.165, 1.54) is 5.56 Å². The van der Waals surface area contributed by atoms with Gasteiger partial charge in [-0.2, -0.15) is 0 Å². The Morgan fingerprint density at radius 1 is 1.19 bits per heavy atom. The van der Waals surface area contributed by atoms with Crippen molar-refractivity contribution in [2.24, 2.45) is 0 Å². The van der Waals surface area contributed by atoms with Crippen molar-refractivity contribution in [3.63, 3.8) is 0 Å². The topological polar surface area (TPSA) is 43.6 Å². The quantitative estimate of drug-likeness (QED) is 0.818. The van der Waals surface area contributed by atoms with Crippen LogP contribution in [0, 0.1) is 0 Å². The van der Waals surface area contributed by atoms with E-state index >= 15 is 0 Å². The van der Waals surface area contributed by atoms with Gasteiger partial charge in [0.05, 0.1) is 20.5 Å². The Bertz CT molecular complexity index is 583. The molecule has 0 aliphatic rings. The van der Waals surface area contributed by atoms with E-state index in [0.29, 0.717) is 0 Å². The molecule has 0 aliphatic carbocycles. The van der Waals surface area contributed by atoms with Gasteiger partial charge in [0.15, 0.2) is 16.2 Å². The first kappa shape index (κ1) is 15.9. The van der Waals surface area contributed by atoms with E-state index in [1.54, 1.807) is 20.5 Å². The first-order valence-electron chi connectivity index (χ1n) is 6.86. The van der Waals surface area contributed by atoms with Crippen molar-refractivity contribution in [1.29, 1.82) is 0 Å². The molecule has 114 valence electrons. The standard InChI is InChI=1S/C16H20BrNO3/c1-4-18-13(12-7-8-21-16(12)17)9-11-5-6-14(19-2)15(10-11)20-3/h5-8,10,13,18H,4,9H2,1-3H3. The summed E-state index contributed by atoms with van der Waals surface area (Å²) in [6.45, 7) is 2.98. The van der Waals surface area contributed by atoms with Crippen molar-refractivity contribution in [1.82, 2.24) is 5.32 Å². The molecule has 0 aliphatic heterocycles. The van der Waals surface area contributed by atoms with Gasteiger partial charge in [-0.05, 0) is 52.7 Å². The number of halogens is 1. The SMILES string of the molecule is CCNC(Cc1ccc(OC)c(OC)c1)c1ccoc1Br. The van der Waals surface area contributed by atoms with Crippen LogP contribution in [0.3, 0.4) is 0 Å². The molecule has 2 rings (SSSR count). The van der Waals surface area contributed by atoms with Crippen molar-refractivity contribution in [3.8, 4) is 11.5 Å². The van der Waals surface area contributed by atoms with Crippen molar-refractivity contribution < 1.29 is 13.9 Å². The lowest BCUT2D eigenvalue weighted by atomic mass is 10.0. The van der Waals surface area contributed by atoms with Crippen molar-refractivity contribution in [2.75, 3.05) is 20.8 Å². The third-order valence-electron chi connectivity index (χ3n) is 3.36. The first-order valence-corrected chi connectivity index (χ1v) is 7.66. The van der Waals surface area contributed by atoms with E-state index in [9.17, 15) is 0 Å². The minimum Gasteiger partial charge on any atom is -0.493 e. The highest BCUT2D eigenvalue weighted by molar-refractivity contribution is 9.10. The van der Waals surface area contributed by atoms with Crippen molar-refractivity contribution in [2.45, 2.75) is 19.4 Å². The fourth-order valence-electron chi connectivity index (χ4n) is 2.34. The smallest absolute Gasteiger partial charge is 0.173 e. The lowest BCUT2D eigenvalue weighted by Crippen LogP contribution is -2.22. The van der Waals surface area contributed by atoms with Crippen LogP contribution >= 0.6 is 15.9 Å². The molecular formula is C16H20BrNO3. The molecule has 2 aromatic rings. The van der Waals surface area contributed by atoms with Crippen LogP contribution in [0.15, 0.2) is 39.6 Å². The molecule has 1 heterocycles. The summed E-state index contributed by atoms with van der Waals surface area (Å²) >= 11 is 3.45. The van der Waals surface area contributed by atoms with Gasteiger partial charge in [-0.1, -0.05) is 13.0 Å². The highest BCUT2D eigenvalue weighted by Gasteiger charge is 2.17. The normalized spacial score (nSPS) is 12.2. The van der Waals surface area contributed by atoms with E-state index in [4.69, 9.17) is 13.9 Å². The largest absolute Gasteiger partial charge is 0.493 e. The Balaban J connectivity index is 2.23. The third kappa shape index (κ3) is 3.80. The van der Waals surface area contributed by atoms with Crippen molar-refractivity contribution in [3.05, 3.63) is 46.3 Å². The molecule has 0 amide bonds. The van der Waals surface area contributed by atoms with Crippen LogP contribution in [0.1, 0.15) is 24.1 Å². The molecule has 4 nitrogen and oxygen atoms in total. The Morgan fingerprint density at radius 2 is 1.95 bits per heavy atom. The maximum Gasteiger partial charge on any atom is 0.173 e. The molecule has 0 fully saturated rings. The van der Waals surface area contributed by atoms with Gasteiger partial charge in [0.2, 0.25) is 0 Å². The molecule has 0 radical (unpaired) electrons. The third-order valence-corrected chi connectivity index (χ3v) is 4.00. The zero-order valence-electron chi connectivity index (χ0n) is 12.5. The zero-order chi connectivity index (χ0) is 15.2. The number of hydrogen-bond donors (Lipinski definition) is 1. The van der Waals surface area contributed by atoms with Crippen LogP contribution in [-0.2, 0) is 6.42 Å². The lowest BCUT2D eigenvalue weighted by Gasteiger charge is -2.18. The fraction of sp³-hybridized carbons (Fsp3) is 0.375. The van der Waals surface area contributed by atoms with Crippen molar-refractivity contribution >= 4 is 15.9 Å². The van der Waals surface area contributed by atoms with Crippen LogP contribution in [0.2, 0.25) is 0 Å². The van der Waals surface area contributed by atoms with Gasteiger partial charge in [-0.15, -0.1) is 0 Å². The summed E-state index contributed by atoms with van der Waals surface area (Å²) in [5.74, 6) is 1.49. The Hall–Kier alpha value is -1.46. The van der Waals surface area contributed by atoms with Gasteiger partial charge in [0.1, 0.15) is 0 Å². The number of furan rings is 1.